The van der Waals surface area contributed by atoms with Crippen molar-refractivity contribution in [3.05, 3.63) is 53.1 Å². The van der Waals surface area contributed by atoms with E-state index in [1.54, 1.807) is 11.6 Å². The van der Waals surface area contributed by atoms with Crippen LogP contribution in [-0.2, 0) is 18.0 Å². The molecule has 164 valence electrons. The molecule has 0 saturated carbocycles. The van der Waals surface area contributed by atoms with E-state index in [1.807, 2.05) is 43.3 Å². The van der Waals surface area contributed by atoms with E-state index in [-0.39, 0.29) is 16.5 Å². The van der Waals surface area contributed by atoms with Gasteiger partial charge in [-0.1, -0.05) is 23.4 Å². The maximum Gasteiger partial charge on any atom is 0.416 e. The van der Waals surface area contributed by atoms with E-state index in [0.717, 1.165) is 41.2 Å². The second kappa shape index (κ2) is 9.19. The molecule has 0 aliphatic rings. The first-order valence-electron chi connectivity index (χ1n) is 9.03. The van der Waals surface area contributed by atoms with Crippen LogP contribution in [0.25, 0.3) is 11.4 Å². The lowest BCUT2D eigenvalue weighted by Gasteiger charge is -2.12. The highest BCUT2D eigenvalue weighted by Gasteiger charge is 2.31. The largest absolute Gasteiger partial charge is 0.416 e. The predicted octanol–water partition coefficient (Wildman–Crippen LogP) is 4.95. The second-order valence-corrected chi connectivity index (χ2v) is 8.19. The molecule has 0 fully saturated rings. The molecular weight excluding hydrogens is 451 g/mol. The van der Waals surface area contributed by atoms with Crippen molar-refractivity contribution >= 4 is 40.6 Å². The zero-order valence-electron chi connectivity index (χ0n) is 16.9. The summed E-state index contributed by atoms with van der Waals surface area (Å²) in [5.74, 6) is 0.0539. The number of carbonyl (C=O) groups is 1. The Hall–Kier alpha value is -2.72. The van der Waals surface area contributed by atoms with Gasteiger partial charge in [0.2, 0.25) is 5.91 Å². The third-order valence-corrected chi connectivity index (χ3v) is 5.73. The molecule has 0 atom stereocenters. The number of aromatic nitrogens is 3. The quantitative estimate of drug-likeness (QED) is 0.517. The van der Waals surface area contributed by atoms with E-state index in [0.29, 0.717) is 11.0 Å². The molecule has 0 bridgehead atoms. The molecule has 0 aliphatic heterocycles. The molecule has 0 spiro atoms. The summed E-state index contributed by atoms with van der Waals surface area (Å²) in [7, 11) is 5.67. The minimum Gasteiger partial charge on any atom is -0.378 e. The Balaban J connectivity index is 1.66. The molecule has 2 aromatic carbocycles. The molecule has 1 aromatic heterocycles. The van der Waals surface area contributed by atoms with Gasteiger partial charge in [0.1, 0.15) is 0 Å². The van der Waals surface area contributed by atoms with Gasteiger partial charge in [0.15, 0.2) is 11.0 Å². The number of nitrogens with one attached hydrogen (secondary N) is 1. The van der Waals surface area contributed by atoms with Crippen molar-refractivity contribution in [2.24, 2.45) is 7.05 Å². The molecule has 0 aliphatic carbocycles. The van der Waals surface area contributed by atoms with Crippen molar-refractivity contribution in [2.75, 3.05) is 30.1 Å². The Kier molecular flexibility index (Phi) is 6.80. The van der Waals surface area contributed by atoms with Crippen LogP contribution < -0.4 is 10.2 Å². The Morgan fingerprint density at radius 1 is 1.16 bits per heavy atom. The minimum atomic E-state index is -4.53. The number of hydrogen-bond donors (Lipinski definition) is 1. The topological polar surface area (TPSA) is 63.1 Å². The Labute approximate surface area is 186 Å². The van der Waals surface area contributed by atoms with E-state index in [2.05, 4.69) is 15.5 Å². The normalized spacial score (nSPS) is 11.5. The van der Waals surface area contributed by atoms with Crippen LogP contribution >= 0.6 is 23.4 Å². The Morgan fingerprint density at radius 2 is 1.84 bits per heavy atom. The van der Waals surface area contributed by atoms with Gasteiger partial charge in [0, 0.05) is 32.4 Å². The van der Waals surface area contributed by atoms with Crippen molar-refractivity contribution in [1.29, 1.82) is 0 Å². The monoisotopic (exact) mass is 469 g/mol. The van der Waals surface area contributed by atoms with Crippen LogP contribution in [0.1, 0.15) is 5.56 Å². The van der Waals surface area contributed by atoms with E-state index >= 15 is 0 Å². The first-order valence-corrected chi connectivity index (χ1v) is 10.4. The summed E-state index contributed by atoms with van der Waals surface area (Å²) < 4.78 is 40.4. The smallest absolute Gasteiger partial charge is 0.378 e. The summed E-state index contributed by atoms with van der Waals surface area (Å²) in [6, 6.07) is 10.5. The van der Waals surface area contributed by atoms with E-state index in [9.17, 15) is 18.0 Å². The molecule has 0 radical (unpaired) electrons. The summed E-state index contributed by atoms with van der Waals surface area (Å²) in [6.07, 6.45) is -4.53. The number of thioether (sulfide) groups is 1. The highest BCUT2D eigenvalue weighted by atomic mass is 35.5. The van der Waals surface area contributed by atoms with Gasteiger partial charge in [-0.2, -0.15) is 13.2 Å². The fourth-order valence-corrected chi connectivity index (χ4v) is 3.59. The van der Waals surface area contributed by atoms with Gasteiger partial charge in [-0.05, 0) is 42.5 Å². The van der Waals surface area contributed by atoms with Crippen LogP contribution in [-0.4, -0.2) is 40.5 Å². The second-order valence-electron chi connectivity index (χ2n) is 6.84. The molecule has 1 heterocycles. The van der Waals surface area contributed by atoms with Crippen LogP contribution in [0.2, 0.25) is 5.02 Å². The van der Waals surface area contributed by atoms with E-state index in [1.165, 1.54) is 0 Å². The zero-order valence-corrected chi connectivity index (χ0v) is 18.4. The lowest BCUT2D eigenvalue weighted by molar-refractivity contribution is -0.137. The van der Waals surface area contributed by atoms with Gasteiger partial charge in [0.25, 0.3) is 0 Å². The molecule has 0 unspecified atom stereocenters. The number of hydrogen-bond acceptors (Lipinski definition) is 5. The lowest BCUT2D eigenvalue weighted by Crippen LogP contribution is -2.16. The minimum absolute atomic E-state index is 0.0217. The number of halogens is 4. The summed E-state index contributed by atoms with van der Waals surface area (Å²) in [5.41, 5.74) is 0.929. The fraction of sp³-hybridized carbons (Fsp3) is 0.250. The van der Waals surface area contributed by atoms with Crippen LogP contribution in [0, 0.1) is 0 Å². The van der Waals surface area contributed by atoms with Crippen molar-refractivity contribution in [3.63, 3.8) is 0 Å². The number of carbonyl (C=O) groups excluding carboxylic acids is 1. The van der Waals surface area contributed by atoms with E-state index in [4.69, 9.17) is 11.6 Å². The summed E-state index contributed by atoms with van der Waals surface area (Å²) in [6.45, 7) is 0. The lowest BCUT2D eigenvalue weighted by atomic mass is 10.2. The van der Waals surface area contributed by atoms with Crippen molar-refractivity contribution in [2.45, 2.75) is 11.3 Å². The van der Waals surface area contributed by atoms with Gasteiger partial charge >= 0.3 is 6.18 Å². The number of nitrogens with zero attached hydrogens (tertiary/aromatic N) is 4. The maximum absolute atomic E-state index is 12.9. The van der Waals surface area contributed by atoms with Crippen LogP contribution in [0.4, 0.5) is 24.5 Å². The molecule has 31 heavy (non-hydrogen) atoms. The molecular formula is C20H19ClF3N5OS. The van der Waals surface area contributed by atoms with Crippen LogP contribution in [0.3, 0.4) is 0 Å². The van der Waals surface area contributed by atoms with E-state index < -0.39 is 17.6 Å². The SMILES string of the molecule is CN(C)c1ccc(-c2nnc(SCC(=O)Nc3cc(C(F)(F)F)ccc3Cl)n2C)cc1. The molecule has 6 nitrogen and oxygen atoms in total. The molecule has 0 saturated heterocycles. The molecule has 3 rings (SSSR count). The summed E-state index contributed by atoms with van der Waals surface area (Å²) >= 11 is 7.03. The van der Waals surface area contributed by atoms with Crippen LogP contribution in [0.5, 0.6) is 0 Å². The highest BCUT2D eigenvalue weighted by molar-refractivity contribution is 7.99. The Bertz CT molecular complexity index is 1080. The van der Waals surface area contributed by atoms with Gasteiger partial charge in [-0.15, -0.1) is 10.2 Å². The first-order chi connectivity index (χ1) is 14.6. The van der Waals surface area contributed by atoms with Gasteiger partial charge in [0.05, 0.1) is 22.0 Å². The maximum atomic E-state index is 12.9. The number of anilines is 2. The number of amides is 1. The zero-order chi connectivity index (χ0) is 22.8. The van der Waals surface area contributed by atoms with Gasteiger partial charge in [-0.3, -0.25) is 4.79 Å². The number of rotatable bonds is 6. The highest BCUT2D eigenvalue weighted by Crippen LogP contribution is 2.34. The molecule has 3 aromatic rings. The standard InChI is InChI=1S/C20H19ClF3N5OS/c1-28(2)14-7-4-12(5-8-14)18-26-27-19(29(18)3)31-11-17(30)25-16-10-13(20(22,23)24)6-9-15(16)21/h4-10H,11H2,1-3H3,(H,25,30). The number of alkyl halides is 3. The molecule has 1 N–H and O–H groups in total. The summed E-state index contributed by atoms with van der Waals surface area (Å²) in [4.78, 5) is 14.2. The number of benzene rings is 2. The van der Waals surface area contributed by atoms with Crippen LogP contribution in [0.15, 0.2) is 47.6 Å². The summed E-state index contributed by atoms with van der Waals surface area (Å²) in [5, 5.41) is 11.2. The van der Waals surface area contributed by atoms with Crippen molar-refractivity contribution in [3.8, 4) is 11.4 Å². The molecule has 11 heteroatoms. The average molecular weight is 470 g/mol. The fourth-order valence-electron chi connectivity index (χ4n) is 2.71. The van der Waals surface area contributed by atoms with Gasteiger partial charge in [-0.25, -0.2) is 0 Å². The third-order valence-electron chi connectivity index (χ3n) is 4.38. The predicted molar refractivity (Wildman–Crippen MR) is 117 cm³/mol. The Morgan fingerprint density at radius 3 is 2.45 bits per heavy atom. The van der Waals surface area contributed by atoms with Crippen molar-refractivity contribution < 1.29 is 18.0 Å². The average Bonchev–Trinajstić information content (AvgIpc) is 3.07. The van der Waals surface area contributed by atoms with Crippen molar-refractivity contribution in [1.82, 2.24) is 14.8 Å². The molecule has 1 amide bonds. The van der Waals surface area contributed by atoms with Gasteiger partial charge < -0.3 is 14.8 Å². The first kappa shape index (κ1) is 23.0. The third kappa shape index (κ3) is 5.50.